The second-order valence-corrected chi connectivity index (χ2v) is 5.65. The number of anilines is 2. The molecule has 1 N–H and O–H groups in total. The maximum atomic E-state index is 3.46. The summed E-state index contributed by atoms with van der Waals surface area (Å²) in [4.78, 5) is 5.03. The van der Waals surface area contributed by atoms with Gasteiger partial charge >= 0.3 is 0 Å². The highest BCUT2D eigenvalue weighted by molar-refractivity contribution is 5.56. The van der Waals surface area contributed by atoms with Gasteiger partial charge in [-0.2, -0.15) is 0 Å². The van der Waals surface area contributed by atoms with E-state index in [0.29, 0.717) is 0 Å². The van der Waals surface area contributed by atoms with Gasteiger partial charge in [-0.3, -0.25) is 0 Å². The topological polar surface area (TPSA) is 18.5 Å². The van der Waals surface area contributed by atoms with E-state index >= 15 is 0 Å². The summed E-state index contributed by atoms with van der Waals surface area (Å²) in [6, 6.07) is 9.21. The summed E-state index contributed by atoms with van der Waals surface area (Å²) in [5.41, 5.74) is 2.78. The first-order chi connectivity index (χ1) is 9.43. The number of benzene rings is 1. The smallest absolute Gasteiger partial charge is 0.0368 e. The minimum atomic E-state index is 1.11. The lowest BCUT2D eigenvalue weighted by atomic mass is 10.1. The van der Waals surface area contributed by atoms with Crippen LogP contribution >= 0.6 is 0 Å². The maximum absolute atomic E-state index is 3.46. The van der Waals surface area contributed by atoms with Crippen LogP contribution in [0.4, 0.5) is 11.4 Å². The molecule has 0 aromatic heterocycles. The zero-order chi connectivity index (χ0) is 12.9. The molecule has 0 saturated carbocycles. The molecule has 1 aromatic carbocycles. The first kappa shape index (κ1) is 12.8. The van der Waals surface area contributed by atoms with E-state index in [1.807, 2.05) is 0 Å². The standard InChI is InChI=1S/C16H25N3/c1-2-11-18(12-3-1)15-5-7-16(8-6-15)19-13-4-9-17-10-14-19/h5-8,17H,1-4,9-14H2. The van der Waals surface area contributed by atoms with Crippen LogP contribution in [0.15, 0.2) is 24.3 Å². The van der Waals surface area contributed by atoms with E-state index in [1.54, 1.807) is 0 Å². The third kappa shape index (κ3) is 3.21. The van der Waals surface area contributed by atoms with Crippen molar-refractivity contribution in [3.63, 3.8) is 0 Å². The second-order valence-electron chi connectivity index (χ2n) is 5.65. The van der Waals surface area contributed by atoms with Crippen molar-refractivity contribution >= 4 is 11.4 Å². The van der Waals surface area contributed by atoms with Crippen molar-refractivity contribution in [3.05, 3.63) is 24.3 Å². The van der Waals surface area contributed by atoms with Gasteiger partial charge in [-0.15, -0.1) is 0 Å². The monoisotopic (exact) mass is 259 g/mol. The molecule has 2 saturated heterocycles. The predicted molar refractivity (Wildman–Crippen MR) is 82.2 cm³/mol. The Kier molecular flexibility index (Phi) is 4.23. The fourth-order valence-electron chi connectivity index (χ4n) is 3.13. The number of nitrogens with one attached hydrogen (secondary N) is 1. The van der Waals surface area contributed by atoms with E-state index in [9.17, 15) is 0 Å². The van der Waals surface area contributed by atoms with Gasteiger partial charge in [0.15, 0.2) is 0 Å². The predicted octanol–water partition coefficient (Wildman–Crippen LogP) is 2.48. The summed E-state index contributed by atoms with van der Waals surface area (Å²) in [5.74, 6) is 0. The van der Waals surface area contributed by atoms with E-state index in [0.717, 1.165) is 19.6 Å². The Morgan fingerprint density at radius 1 is 0.632 bits per heavy atom. The summed E-state index contributed by atoms with van der Waals surface area (Å²) < 4.78 is 0. The molecule has 0 spiro atoms. The Hall–Kier alpha value is -1.22. The summed E-state index contributed by atoms with van der Waals surface area (Å²) in [7, 11) is 0. The molecule has 1 aromatic rings. The van der Waals surface area contributed by atoms with Gasteiger partial charge in [0.05, 0.1) is 0 Å². The van der Waals surface area contributed by atoms with Crippen LogP contribution in [0.5, 0.6) is 0 Å². The van der Waals surface area contributed by atoms with Crippen molar-refractivity contribution in [2.45, 2.75) is 25.7 Å². The summed E-state index contributed by atoms with van der Waals surface area (Å²) in [6.45, 7) is 7.02. The van der Waals surface area contributed by atoms with Crippen LogP contribution in [-0.4, -0.2) is 39.3 Å². The Balaban J connectivity index is 1.67. The average Bonchev–Trinajstić information content (AvgIpc) is 2.77. The van der Waals surface area contributed by atoms with E-state index in [2.05, 4.69) is 39.4 Å². The van der Waals surface area contributed by atoms with Crippen LogP contribution < -0.4 is 15.1 Å². The van der Waals surface area contributed by atoms with Crippen LogP contribution in [0.2, 0.25) is 0 Å². The number of piperidine rings is 1. The Bertz CT molecular complexity index is 373. The van der Waals surface area contributed by atoms with Crippen LogP contribution in [0, 0.1) is 0 Å². The lowest BCUT2D eigenvalue weighted by Crippen LogP contribution is -2.30. The Morgan fingerprint density at radius 2 is 1.21 bits per heavy atom. The van der Waals surface area contributed by atoms with Gasteiger partial charge in [0.2, 0.25) is 0 Å². The van der Waals surface area contributed by atoms with E-state index in [-0.39, 0.29) is 0 Å². The molecule has 0 amide bonds. The van der Waals surface area contributed by atoms with Crippen molar-refractivity contribution in [1.29, 1.82) is 0 Å². The zero-order valence-electron chi connectivity index (χ0n) is 11.8. The highest BCUT2D eigenvalue weighted by Gasteiger charge is 2.12. The fraction of sp³-hybridized carbons (Fsp3) is 0.625. The van der Waals surface area contributed by atoms with Crippen LogP contribution in [0.1, 0.15) is 25.7 Å². The largest absolute Gasteiger partial charge is 0.372 e. The molecular weight excluding hydrogens is 234 g/mol. The number of hydrogen-bond donors (Lipinski definition) is 1. The first-order valence-corrected chi connectivity index (χ1v) is 7.74. The second kappa shape index (κ2) is 6.29. The van der Waals surface area contributed by atoms with Gasteiger partial charge in [-0.1, -0.05) is 0 Å². The van der Waals surface area contributed by atoms with E-state index in [1.165, 1.54) is 56.7 Å². The summed E-state index contributed by atoms with van der Waals surface area (Å²) in [6.07, 6.45) is 5.34. The fourth-order valence-corrected chi connectivity index (χ4v) is 3.13. The number of rotatable bonds is 2. The van der Waals surface area contributed by atoms with Gasteiger partial charge in [0, 0.05) is 44.1 Å². The van der Waals surface area contributed by atoms with E-state index in [4.69, 9.17) is 0 Å². The minimum Gasteiger partial charge on any atom is -0.372 e. The highest BCUT2D eigenvalue weighted by Crippen LogP contribution is 2.23. The molecule has 19 heavy (non-hydrogen) atoms. The van der Waals surface area contributed by atoms with Gasteiger partial charge < -0.3 is 15.1 Å². The van der Waals surface area contributed by atoms with Crippen LogP contribution in [0.3, 0.4) is 0 Å². The van der Waals surface area contributed by atoms with E-state index < -0.39 is 0 Å². The molecule has 2 aliphatic heterocycles. The molecule has 0 unspecified atom stereocenters. The van der Waals surface area contributed by atoms with Crippen molar-refractivity contribution in [2.24, 2.45) is 0 Å². The molecule has 2 aliphatic rings. The van der Waals surface area contributed by atoms with Gasteiger partial charge in [0.25, 0.3) is 0 Å². The molecule has 0 bridgehead atoms. The van der Waals surface area contributed by atoms with Crippen molar-refractivity contribution < 1.29 is 0 Å². The number of hydrogen-bond acceptors (Lipinski definition) is 3. The average molecular weight is 259 g/mol. The first-order valence-electron chi connectivity index (χ1n) is 7.74. The summed E-state index contributed by atoms with van der Waals surface area (Å²) in [5, 5.41) is 3.46. The molecule has 3 heteroatoms. The van der Waals surface area contributed by atoms with Crippen LogP contribution in [-0.2, 0) is 0 Å². The minimum absolute atomic E-state index is 1.11. The van der Waals surface area contributed by atoms with Gasteiger partial charge in [-0.25, -0.2) is 0 Å². The van der Waals surface area contributed by atoms with Gasteiger partial charge in [-0.05, 0) is 56.5 Å². The van der Waals surface area contributed by atoms with Crippen LogP contribution in [0.25, 0.3) is 0 Å². The third-order valence-electron chi connectivity index (χ3n) is 4.28. The van der Waals surface area contributed by atoms with Crippen molar-refractivity contribution in [3.8, 4) is 0 Å². The number of nitrogens with zero attached hydrogens (tertiary/aromatic N) is 2. The molecular formula is C16H25N3. The molecule has 104 valence electrons. The summed E-state index contributed by atoms with van der Waals surface area (Å²) >= 11 is 0. The van der Waals surface area contributed by atoms with Crippen molar-refractivity contribution in [2.75, 3.05) is 49.1 Å². The Labute approximate surface area is 116 Å². The Morgan fingerprint density at radius 3 is 1.89 bits per heavy atom. The van der Waals surface area contributed by atoms with Crippen molar-refractivity contribution in [1.82, 2.24) is 5.32 Å². The molecule has 2 heterocycles. The zero-order valence-corrected chi connectivity index (χ0v) is 11.8. The van der Waals surface area contributed by atoms with Gasteiger partial charge in [0.1, 0.15) is 0 Å². The molecule has 2 fully saturated rings. The highest BCUT2D eigenvalue weighted by atomic mass is 15.2. The molecule has 3 rings (SSSR count). The quantitative estimate of drug-likeness (QED) is 0.880. The molecule has 0 aliphatic carbocycles. The normalized spacial score (nSPS) is 21.3. The lowest BCUT2D eigenvalue weighted by Gasteiger charge is -2.29. The third-order valence-corrected chi connectivity index (χ3v) is 4.28. The molecule has 0 atom stereocenters. The maximum Gasteiger partial charge on any atom is 0.0368 e. The lowest BCUT2D eigenvalue weighted by molar-refractivity contribution is 0.578. The molecule has 3 nitrogen and oxygen atoms in total. The molecule has 0 radical (unpaired) electrons. The SMILES string of the molecule is c1cc(N2CCCNCC2)ccc1N1CCCCC1.